The fraction of sp³-hybridized carbons (Fsp3) is 0.538. The summed E-state index contributed by atoms with van der Waals surface area (Å²) in [4.78, 5) is 14.0. The number of rotatable bonds is 5. The Hall–Kier alpha value is -3.30. The van der Waals surface area contributed by atoms with Crippen LogP contribution in [0.2, 0.25) is 0 Å². The lowest BCUT2D eigenvalue weighted by atomic mass is 9.82. The molecule has 2 fully saturated rings. The van der Waals surface area contributed by atoms with Crippen LogP contribution < -0.4 is 15.1 Å². The molecule has 1 N–H and O–H groups in total. The molecule has 10 heteroatoms. The molecule has 0 radical (unpaired) electrons. The topological polar surface area (TPSA) is 83.2 Å². The Bertz CT molecular complexity index is 1300. The van der Waals surface area contributed by atoms with Crippen LogP contribution in [0.4, 0.5) is 32.1 Å². The van der Waals surface area contributed by atoms with Gasteiger partial charge < -0.3 is 19.5 Å². The fourth-order valence-corrected chi connectivity index (χ4v) is 6.48. The largest absolute Gasteiger partial charge is 0.408 e. The summed E-state index contributed by atoms with van der Waals surface area (Å²) in [6.45, 7) is 8.31. The molecular formula is C26H31F2N7O. The standard InChI is InChI=1S/C26H31F2N7O/c1-14-32-33-25(36-14)34-11-15-5-6-16(12-34)18(15)10-21-30-23(29-4)22-24(31-21)35(13-26(22,2)3)20-8-7-17(27)9-19(20)28/h7-9,15-16,18H,5-6,10-13H2,1-4H3,(H,29,30,31). The lowest BCUT2D eigenvalue weighted by molar-refractivity contribution is 0.258. The van der Waals surface area contributed by atoms with Gasteiger partial charge in [-0.1, -0.05) is 18.9 Å². The zero-order valence-electron chi connectivity index (χ0n) is 21.1. The van der Waals surface area contributed by atoms with Gasteiger partial charge in [0.2, 0.25) is 5.89 Å². The van der Waals surface area contributed by atoms with Crippen molar-refractivity contribution >= 4 is 23.3 Å². The lowest BCUT2D eigenvalue weighted by Crippen LogP contribution is -2.43. The van der Waals surface area contributed by atoms with Crippen molar-refractivity contribution < 1.29 is 13.2 Å². The van der Waals surface area contributed by atoms with E-state index in [1.165, 1.54) is 12.1 Å². The van der Waals surface area contributed by atoms with E-state index in [0.717, 1.165) is 55.6 Å². The molecule has 8 nitrogen and oxygen atoms in total. The van der Waals surface area contributed by atoms with E-state index in [4.69, 9.17) is 14.4 Å². The second-order valence-corrected chi connectivity index (χ2v) is 11.0. The lowest BCUT2D eigenvalue weighted by Gasteiger charge is -2.37. The molecule has 1 saturated heterocycles. The number of nitrogens with one attached hydrogen (secondary N) is 1. The average molecular weight is 496 g/mol. The first-order valence-corrected chi connectivity index (χ1v) is 12.6. The van der Waals surface area contributed by atoms with Gasteiger partial charge in [-0.15, -0.1) is 5.10 Å². The second-order valence-electron chi connectivity index (χ2n) is 11.0. The van der Waals surface area contributed by atoms with Crippen LogP contribution in [0.5, 0.6) is 0 Å². The first kappa shape index (κ1) is 23.1. The first-order valence-electron chi connectivity index (χ1n) is 12.6. The normalized spacial score (nSPS) is 24.3. The molecular weight excluding hydrogens is 464 g/mol. The molecule has 1 aromatic carbocycles. The molecule has 2 unspecified atom stereocenters. The molecule has 4 heterocycles. The molecule has 6 rings (SSSR count). The number of nitrogens with zero attached hydrogens (tertiary/aromatic N) is 6. The number of anilines is 4. The molecule has 190 valence electrons. The Morgan fingerprint density at radius 1 is 1.11 bits per heavy atom. The van der Waals surface area contributed by atoms with Gasteiger partial charge in [0, 0.05) is 57.1 Å². The van der Waals surface area contributed by atoms with Gasteiger partial charge in [0.15, 0.2) is 0 Å². The van der Waals surface area contributed by atoms with Gasteiger partial charge in [0.1, 0.15) is 29.1 Å². The molecule has 2 aromatic heterocycles. The van der Waals surface area contributed by atoms with Crippen molar-refractivity contribution in [2.45, 2.75) is 45.4 Å². The minimum absolute atomic E-state index is 0.306. The molecule has 3 aromatic rings. The Morgan fingerprint density at radius 3 is 2.50 bits per heavy atom. The van der Waals surface area contributed by atoms with Crippen LogP contribution in [0, 0.1) is 36.3 Å². The monoisotopic (exact) mass is 495 g/mol. The fourth-order valence-electron chi connectivity index (χ4n) is 6.48. The van der Waals surface area contributed by atoms with Gasteiger partial charge >= 0.3 is 6.01 Å². The van der Waals surface area contributed by atoms with Gasteiger partial charge in [-0.05, 0) is 42.7 Å². The molecule has 2 aliphatic heterocycles. The van der Waals surface area contributed by atoms with Gasteiger partial charge in [-0.3, -0.25) is 0 Å². The molecule has 2 atom stereocenters. The van der Waals surface area contributed by atoms with Crippen molar-refractivity contribution in [1.82, 2.24) is 20.2 Å². The Balaban J connectivity index is 1.32. The molecule has 0 spiro atoms. The quantitative estimate of drug-likeness (QED) is 0.549. The van der Waals surface area contributed by atoms with Crippen LogP contribution in [-0.2, 0) is 11.8 Å². The second kappa shape index (κ2) is 8.38. The zero-order chi connectivity index (χ0) is 25.2. The van der Waals surface area contributed by atoms with E-state index in [1.54, 1.807) is 0 Å². The van der Waals surface area contributed by atoms with Crippen LogP contribution in [0.15, 0.2) is 22.6 Å². The van der Waals surface area contributed by atoms with Crippen molar-refractivity contribution in [2.24, 2.45) is 17.8 Å². The Morgan fingerprint density at radius 2 is 1.86 bits per heavy atom. The maximum Gasteiger partial charge on any atom is 0.318 e. The van der Waals surface area contributed by atoms with Crippen LogP contribution in [0.3, 0.4) is 0 Å². The highest BCUT2D eigenvalue weighted by Gasteiger charge is 2.45. The predicted octanol–water partition coefficient (Wildman–Crippen LogP) is 4.62. The maximum atomic E-state index is 14.8. The maximum absolute atomic E-state index is 14.8. The third kappa shape index (κ3) is 3.77. The van der Waals surface area contributed by atoms with Crippen LogP contribution >= 0.6 is 0 Å². The number of hydrogen-bond acceptors (Lipinski definition) is 8. The number of halogens is 2. The van der Waals surface area contributed by atoms with Crippen LogP contribution in [0.25, 0.3) is 0 Å². The minimum Gasteiger partial charge on any atom is -0.408 e. The first-order chi connectivity index (χ1) is 17.2. The van der Waals surface area contributed by atoms with E-state index < -0.39 is 11.6 Å². The van der Waals surface area contributed by atoms with E-state index in [1.807, 2.05) is 18.9 Å². The van der Waals surface area contributed by atoms with Gasteiger partial charge in [0.05, 0.1) is 5.69 Å². The molecule has 1 aliphatic carbocycles. The van der Waals surface area contributed by atoms with E-state index in [0.29, 0.717) is 47.7 Å². The summed E-state index contributed by atoms with van der Waals surface area (Å²) in [5.74, 6) is 3.07. The van der Waals surface area contributed by atoms with Crippen molar-refractivity contribution in [3.8, 4) is 0 Å². The number of fused-ring (bicyclic) bond motifs is 3. The summed E-state index contributed by atoms with van der Waals surface area (Å²) < 4.78 is 34.1. The molecule has 2 bridgehead atoms. The Labute approximate surface area is 209 Å². The molecule has 36 heavy (non-hydrogen) atoms. The third-order valence-corrected chi connectivity index (χ3v) is 8.09. The minimum atomic E-state index is -0.591. The van der Waals surface area contributed by atoms with Crippen LogP contribution in [0.1, 0.15) is 44.0 Å². The van der Waals surface area contributed by atoms with Crippen molar-refractivity contribution in [3.63, 3.8) is 0 Å². The Kier molecular flexibility index (Phi) is 5.38. The van der Waals surface area contributed by atoms with Crippen molar-refractivity contribution in [2.75, 3.05) is 41.8 Å². The predicted molar refractivity (Wildman–Crippen MR) is 133 cm³/mol. The smallest absolute Gasteiger partial charge is 0.318 e. The highest BCUT2D eigenvalue weighted by atomic mass is 19.1. The SMILES string of the molecule is CNc1nc(CC2C3CCC2CN(c2nnc(C)o2)C3)nc2c1C(C)(C)CN2c1ccc(F)cc1F. The molecule has 3 aliphatic rings. The number of piperidine rings is 1. The molecule has 1 saturated carbocycles. The van der Waals surface area contributed by atoms with E-state index in [-0.39, 0.29) is 5.41 Å². The number of benzene rings is 1. The van der Waals surface area contributed by atoms with Crippen molar-refractivity contribution in [3.05, 3.63) is 47.1 Å². The summed E-state index contributed by atoms with van der Waals surface area (Å²) in [7, 11) is 1.86. The number of aromatic nitrogens is 4. The van der Waals surface area contributed by atoms with Gasteiger partial charge in [-0.25, -0.2) is 18.7 Å². The summed E-state index contributed by atoms with van der Waals surface area (Å²) in [6, 6.07) is 4.32. The van der Waals surface area contributed by atoms with Crippen LogP contribution in [-0.4, -0.2) is 46.8 Å². The van der Waals surface area contributed by atoms with Crippen molar-refractivity contribution in [1.29, 1.82) is 0 Å². The zero-order valence-corrected chi connectivity index (χ0v) is 21.1. The van der Waals surface area contributed by atoms with E-state index >= 15 is 0 Å². The highest BCUT2D eigenvalue weighted by Crippen LogP contribution is 2.48. The van der Waals surface area contributed by atoms with Gasteiger partial charge in [0.25, 0.3) is 0 Å². The third-order valence-electron chi connectivity index (χ3n) is 8.09. The average Bonchev–Trinajstić information content (AvgIpc) is 3.44. The highest BCUT2D eigenvalue weighted by molar-refractivity contribution is 5.74. The summed E-state index contributed by atoms with van der Waals surface area (Å²) >= 11 is 0. The molecule has 0 amide bonds. The number of hydrogen-bond donors (Lipinski definition) is 1. The van der Waals surface area contributed by atoms with E-state index in [2.05, 4.69) is 34.3 Å². The van der Waals surface area contributed by atoms with Gasteiger partial charge in [-0.2, -0.15) is 0 Å². The van der Waals surface area contributed by atoms with E-state index in [9.17, 15) is 8.78 Å². The summed E-state index contributed by atoms with van der Waals surface area (Å²) in [5.41, 5.74) is 0.986. The summed E-state index contributed by atoms with van der Waals surface area (Å²) in [5, 5.41) is 11.5. The number of aryl methyl sites for hydroxylation is 1. The summed E-state index contributed by atoms with van der Waals surface area (Å²) in [6.07, 6.45) is 3.07.